The Morgan fingerprint density at radius 1 is 0.967 bits per heavy atom. The minimum Gasteiger partial charge on any atom is -0.496 e. The van der Waals surface area contributed by atoms with Crippen molar-refractivity contribution < 1.29 is 32.9 Å². The van der Waals surface area contributed by atoms with Crippen LogP contribution in [0.4, 0.5) is 8.78 Å². The van der Waals surface area contributed by atoms with Crippen molar-refractivity contribution in [2.24, 2.45) is 5.92 Å². The molecule has 0 aliphatic carbocycles. The second kappa shape index (κ2) is 9.30. The summed E-state index contributed by atoms with van der Waals surface area (Å²) in [6.07, 6.45) is 0.870. The fourth-order valence-electron chi connectivity index (χ4n) is 3.96. The molecule has 0 bridgehead atoms. The van der Waals surface area contributed by atoms with Gasteiger partial charge < -0.3 is 19.3 Å². The molecule has 1 aliphatic heterocycles. The molecule has 162 valence electrons. The molecule has 2 aromatic carbocycles. The number of piperidine rings is 1. The fourth-order valence-corrected chi connectivity index (χ4v) is 3.96. The summed E-state index contributed by atoms with van der Waals surface area (Å²) in [6.45, 7) is 0.881. The van der Waals surface area contributed by atoms with Gasteiger partial charge in [0.1, 0.15) is 17.4 Å². The Kier molecular flexibility index (Phi) is 6.77. The summed E-state index contributed by atoms with van der Waals surface area (Å²) in [4.78, 5) is 13.3. The van der Waals surface area contributed by atoms with Crippen LogP contribution in [0.3, 0.4) is 0 Å². The van der Waals surface area contributed by atoms with Crippen LogP contribution < -0.4 is 14.2 Å². The topological polar surface area (TPSA) is 68.2 Å². The molecule has 1 atom stereocenters. The van der Waals surface area contributed by atoms with Gasteiger partial charge in [-0.1, -0.05) is 6.07 Å². The monoisotopic (exact) mass is 421 g/mol. The van der Waals surface area contributed by atoms with E-state index >= 15 is 0 Å². The average Bonchev–Trinajstić information content (AvgIpc) is 2.75. The summed E-state index contributed by atoms with van der Waals surface area (Å²) >= 11 is 0. The zero-order chi connectivity index (χ0) is 21.8. The van der Waals surface area contributed by atoms with Crippen LogP contribution in [0.25, 0.3) is 0 Å². The first kappa shape index (κ1) is 21.8. The first-order chi connectivity index (χ1) is 14.4. The Labute approximate surface area is 174 Å². The number of hydrogen-bond donors (Lipinski definition) is 1. The Bertz CT molecular complexity index is 913. The van der Waals surface area contributed by atoms with E-state index in [4.69, 9.17) is 14.2 Å². The van der Waals surface area contributed by atoms with Crippen LogP contribution in [-0.2, 0) is 4.79 Å². The van der Waals surface area contributed by atoms with Gasteiger partial charge in [-0.3, -0.25) is 9.69 Å². The number of rotatable bonds is 7. The van der Waals surface area contributed by atoms with E-state index in [1.165, 1.54) is 33.5 Å². The molecule has 0 aromatic heterocycles. The number of ether oxygens (including phenoxy) is 3. The van der Waals surface area contributed by atoms with Gasteiger partial charge in [0, 0.05) is 23.3 Å². The van der Waals surface area contributed by atoms with Crippen LogP contribution in [0.1, 0.15) is 30.0 Å². The van der Waals surface area contributed by atoms with Gasteiger partial charge in [0.25, 0.3) is 0 Å². The molecular weight excluding hydrogens is 396 g/mol. The van der Waals surface area contributed by atoms with Gasteiger partial charge in [-0.05, 0) is 38.1 Å². The summed E-state index contributed by atoms with van der Waals surface area (Å²) in [5, 5.41) is 9.31. The molecule has 1 fully saturated rings. The molecule has 1 N–H and O–H groups in total. The SMILES string of the molecule is COc1cc(OC)c(C(c2ccc(F)cc2F)N2CCC(C(=O)O)CC2)cc1OC. The highest BCUT2D eigenvalue weighted by Crippen LogP contribution is 2.43. The number of nitrogens with zero attached hydrogens (tertiary/aromatic N) is 1. The molecular formula is C22H25F2NO5. The van der Waals surface area contributed by atoms with Crippen molar-refractivity contribution >= 4 is 5.97 Å². The van der Waals surface area contributed by atoms with Gasteiger partial charge in [0.15, 0.2) is 11.5 Å². The summed E-state index contributed by atoms with van der Waals surface area (Å²) in [7, 11) is 4.50. The maximum atomic E-state index is 14.9. The molecule has 2 aromatic rings. The Balaban J connectivity index is 2.12. The van der Waals surface area contributed by atoms with E-state index in [1.54, 1.807) is 12.1 Å². The third-order valence-electron chi connectivity index (χ3n) is 5.53. The summed E-state index contributed by atoms with van der Waals surface area (Å²) < 4.78 is 44.7. The van der Waals surface area contributed by atoms with Crippen molar-refractivity contribution in [3.8, 4) is 17.2 Å². The van der Waals surface area contributed by atoms with E-state index in [1.807, 2.05) is 4.90 Å². The lowest BCUT2D eigenvalue weighted by Gasteiger charge is -2.37. The van der Waals surface area contributed by atoms with Crippen LogP contribution in [0.15, 0.2) is 30.3 Å². The smallest absolute Gasteiger partial charge is 0.306 e. The Hall–Kier alpha value is -2.87. The second-order valence-electron chi connectivity index (χ2n) is 7.17. The highest BCUT2D eigenvalue weighted by Gasteiger charge is 2.33. The van der Waals surface area contributed by atoms with Crippen LogP contribution in [-0.4, -0.2) is 50.4 Å². The third-order valence-corrected chi connectivity index (χ3v) is 5.53. The average molecular weight is 421 g/mol. The van der Waals surface area contributed by atoms with Gasteiger partial charge in [0.05, 0.1) is 33.3 Å². The van der Waals surface area contributed by atoms with Crippen LogP contribution in [0.5, 0.6) is 17.2 Å². The van der Waals surface area contributed by atoms with Gasteiger partial charge in [0.2, 0.25) is 0 Å². The molecule has 3 rings (SSSR count). The second-order valence-corrected chi connectivity index (χ2v) is 7.17. The van der Waals surface area contributed by atoms with Gasteiger partial charge in [-0.15, -0.1) is 0 Å². The number of benzene rings is 2. The molecule has 1 unspecified atom stereocenters. The summed E-state index contributed by atoms with van der Waals surface area (Å²) in [6, 6.07) is 6.23. The minimum atomic E-state index is -0.831. The first-order valence-corrected chi connectivity index (χ1v) is 9.61. The number of methoxy groups -OCH3 is 3. The van der Waals surface area contributed by atoms with Crippen LogP contribution in [0, 0.1) is 17.6 Å². The molecule has 1 saturated heterocycles. The molecule has 1 aliphatic rings. The van der Waals surface area contributed by atoms with E-state index < -0.39 is 29.6 Å². The van der Waals surface area contributed by atoms with E-state index in [0.29, 0.717) is 48.7 Å². The lowest BCUT2D eigenvalue weighted by atomic mass is 9.90. The molecule has 30 heavy (non-hydrogen) atoms. The number of hydrogen-bond acceptors (Lipinski definition) is 5. The molecule has 0 amide bonds. The lowest BCUT2D eigenvalue weighted by molar-refractivity contribution is -0.143. The molecule has 8 heteroatoms. The molecule has 1 heterocycles. The highest BCUT2D eigenvalue weighted by molar-refractivity contribution is 5.70. The quantitative estimate of drug-likeness (QED) is 0.732. The minimum absolute atomic E-state index is 0.274. The maximum absolute atomic E-state index is 14.9. The Morgan fingerprint density at radius 2 is 1.57 bits per heavy atom. The van der Waals surface area contributed by atoms with Crippen molar-refractivity contribution in [3.05, 3.63) is 53.1 Å². The van der Waals surface area contributed by atoms with E-state index in [-0.39, 0.29) is 5.56 Å². The van der Waals surface area contributed by atoms with Crippen molar-refractivity contribution in [2.45, 2.75) is 18.9 Å². The molecule has 0 spiro atoms. The normalized spacial score (nSPS) is 16.2. The van der Waals surface area contributed by atoms with Crippen molar-refractivity contribution in [1.29, 1.82) is 0 Å². The summed E-state index contributed by atoms with van der Waals surface area (Å²) in [5.74, 6) is -1.25. The van der Waals surface area contributed by atoms with Crippen molar-refractivity contribution in [2.75, 3.05) is 34.4 Å². The van der Waals surface area contributed by atoms with Gasteiger partial charge in [-0.2, -0.15) is 0 Å². The number of halogens is 2. The third kappa shape index (κ3) is 4.33. The van der Waals surface area contributed by atoms with Gasteiger partial charge in [-0.25, -0.2) is 8.78 Å². The van der Waals surface area contributed by atoms with Crippen molar-refractivity contribution in [3.63, 3.8) is 0 Å². The number of carboxylic acids is 1. The predicted molar refractivity (Wildman–Crippen MR) is 106 cm³/mol. The van der Waals surface area contributed by atoms with Gasteiger partial charge >= 0.3 is 5.97 Å². The molecule has 6 nitrogen and oxygen atoms in total. The van der Waals surface area contributed by atoms with Crippen molar-refractivity contribution in [1.82, 2.24) is 4.90 Å². The Morgan fingerprint density at radius 3 is 2.10 bits per heavy atom. The number of carboxylic acid groups (broad SMARTS) is 1. The number of aliphatic carboxylic acids is 1. The standard InChI is InChI=1S/C22H25F2NO5/c1-28-18-12-20(30-3)19(29-2)11-16(18)21(15-5-4-14(23)10-17(15)24)25-8-6-13(7-9-25)22(26)27/h4-5,10-13,21H,6-9H2,1-3H3,(H,26,27). The summed E-state index contributed by atoms with van der Waals surface area (Å²) in [5.41, 5.74) is 0.894. The first-order valence-electron chi connectivity index (χ1n) is 9.61. The largest absolute Gasteiger partial charge is 0.496 e. The molecule has 0 radical (unpaired) electrons. The number of carbonyl (C=O) groups is 1. The predicted octanol–water partition coefficient (Wildman–Crippen LogP) is 3.88. The molecule has 0 saturated carbocycles. The van der Waals surface area contributed by atoms with E-state index in [0.717, 1.165) is 6.07 Å². The van der Waals surface area contributed by atoms with Crippen LogP contribution in [0.2, 0.25) is 0 Å². The zero-order valence-corrected chi connectivity index (χ0v) is 17.2. The zero-order valence-electron chi connectivity index (χ0n) is 17.2. The van der Waals surface area contributed by atoms with Crippen LogP contribution >= 0.6 is 0 Å². The fraction of sp³-hybridized carbons (Fsp3) is 0.409. The number of likely N-dealkylation sites (tertiary alicyclic amines) is 1. The maximum Gasteiger partial charge on any atom is 0.306 e. The van der Waals surface area contributed by atoms with E-state index in [2.05, 4.69) is 0 Å². The van der Waals surface area contributed by atoms with E-state index in [9.17, 15) is 18.7 Å². The highest BCUT2D eigenvalue weighted by atomic mass is 19.1. The lowest BCUT2D eigenvalue weighted by Crippen LogP contribution is -2.39.